The molecular weight excluding hydrogens is 823 g/mol. The molecule has 14 heteroatoms. The fourth-order valence-corrected chi connectivity index (χ4v) is 8.51. The second-order valence-electron chi connectivity index (χ2n) is 20.3. The lowest BCUT2D eigenvalue weighted by atomic mass is 9.81. The maximum atomic E-state index is 14.1. The van der Waals surface area contributed by atoms with Crippen LogP contribution in [0.3, 0.4) is 0 Å². The fourth-order valence-electron chi connectivity index (χ4n) is 8.51. The highest BCUT2D eigenvalue weighted by atomic mass is 16.6. The van der Waals surface area contributed by atoms with Gasteiger partial charge in [-0.15, -0.1) is 0 Å². The molecule has 1 saturated carbocycles. The number of hydrogen-bond acceptors (Lipinski definition) is 8. The Balaban J connectivity index is 1.09. The summed E-state index contributed by atoms with van der Waals surface area (Å²) in [4.78, 5) is 75.7. The summed E-state index contributed by atoms with van der Waals surface area (Å²) in [6.07, 6.45) is 4.47. The molecule has 1 aromatic heterocycles. The number of benzene rings is 3. The molecule has 5 N–H and O–H groups in total. The molecule has 2 heterocycles. The number of fused-ring (bicyclic) bond motifs is 1. The van der Waals surface area contributed by atoms with Gasteiger partial charge < -0.3 is 40.6 Å². The van der Waals surface area contributed by atoms with Crippen LogP contribution in [0.5, 0.6) is 0 Å². The normalized spacial score (nSPS) is 17.6. The van der Waals surface area contributed by atoms with E-state index in [0.29, 0.717) is 62.5 Å². The molecule has 2 fully saturated rings. The van der Waals surface area contributed by atoms with Gasteiger partial charge >= 0.3 is 12.2 Å². The predicted molar refractivity (Wildman–Crippen MR) is 253 cm³/mol. The quantitative estimate of drug-likeness (QED) is 0.0882. The van der Waals surface area contributed by atoms with E-state index in [-0.39, 0.29) is 48.1 Å². The molecule has 0 spiro atoms. The molecule has 1 aliphatic heterocycles. The van der Waals surface area contributed by atoms with Crippen LogP contribution in [-0.2, 0) is 31.9 Å². The predicted octanol–water partition coefficient (Wildman–Crippen LogP) is 8.86. The highest BCUT2D eigenvalue weighted by Crippen LogP contribution is 2.30. The maximum absolute atomic E-state index is 14.1. The largest absolute Gasteiger partial charge is 0.444 e. The summed E-state index contributed by atoms with van der Waals surface area (Å²) >= 11 is 0. The van der Waals surface area contributed by atoms with Gasteiger partial charge in [-0.25, -0.2) is 14.6 Å². The summed E-state index contributed by atoms with van der Waals surface area (Å²) in [5, 5.41) is 12.2. The van der Waals surface area contributed by atoms with Gasteiger partial charge in [0, 0.05) is 55.7 Å². The van der Waals surface area contributed by atoms with Crippen LogP contribution in [0.1, 0.15) is 121 Å². The molecule has 65 heavy (non-hydrogen) atoms. The van der Waals surface area contributed by atoms with Crippen molar-refractivity contribution < 1.29 is 33.4 Å². The monoisotopic (exact) mass is 892 g/mol. The van der Waals surface area contributed by atoms with Gasteiger partial charge in [0.1, 0.15) is 23.1 Å². The molecule has 1 atom stereocenters. The molecule has 5 amide bonds. The van der Waals surface area contributed by atoms with E-state index in [0.717, 1.165) is 58.4 Å². The molecule has 3 aromatic carbocycles. The minimum absolute atomic E-state index is 0.0398. The van der Waals surface area contributed by atoms with Crippen LogP contribution in [0.15, 0.2) is 60.7 Å². The van der Waals surface area contributed by atoms with Gasteiger partial charge in [0.05, 0.1) is 11.0 Å². The van der Waals surface area contributed by atoms with Gasteiger partial charge in [-0.3, -0.25) is 14.4 Å². The number of amides is 5. The van der Waals surface area contributed by atoms with Crippen LogP contribution >= 0.6 is 0 Å². The molecule has 0 bridgehead atoms. The highest BCUT2D eigenvalue weighted by Gasteiger charge is 2.31. The van der Waals surface area contributed by atoms with Crippen LogP contribution in [0.2, 0.25) is 0 Å². The van der Waals surface area contributed by atoms with Gasteiger partial charge in [0.25, 0.3) is 5.91 Å². The minimum atomic E-state index is -0.849. The SMILES string of the molecule is Cc1cc(C(=O)NC2CCN(C(=O)OC(C)(C)C)CC2)ccc1-c1ccc(CC(NC(=O)C2CCC(CNC(=O)OC(C)(C)C)CC2)C(=O)Nc2ccc3nc(CC(C)C)[nH]c3c2)cc1. The van der Waals surface area contributed by atoms with E-state index >= 15 is 0 Å². The first kappa shape index (κ1) is 48.5. The van der Waals surface area contributed by atoms with E-state index in [2.05, 4.69) is 40.1 Å². The molecule has 2 aliphatic rings. The summed E-state index contributed by atoms with van der Waals surface area (Å²) in [5.74, 6) is 0.685. The third kappa shape index (κ3) is 14.3. The zero-order chi connectivity index (χ0) is 47.1. The average Bonchev–Trinajstić information content (AvgIpc) is 3.63. The zero-order valence-electron chi connectivity index (χ0n) is 39.7. The lowest BCUT2D eigenvalue weighted by molar-refractivity contribution is -0.130. The third-order valence-corrected chi connectivity index (χ3v) is 11.9. The number of anilines is 1. The number of nitrogens with one attached hydrogen (secondary N) is 5. The first-order valence-corrected chi connectivity index (χ1v) is 23.2. The van der Waals surface area contributed by atoms with E-state index in [4.69, 9.17) is 14.5 Å². The Kier molecular flexibility index (Phi) is 15.6. The molecule has 1 saturated heterocycles. The summed E-state index contributed by atoms with van der Waals surface area (Å²) in [6.45, 7) is 18.8. The van der Waals surface area contributed by atoms with Crippen LogP contribution in [0, 0.1) is 24.7 Å². The maximum Gasteiger partial charge on any atom is 0.410 e. The standard InChI is InChI=1S/C51H69N7O7/c1-31(2)26-44-55-41-21-19-39(29-42(41)56-44)54-47(61)43(57-45(59)36-16-12-34(13-17-36)30-52-48(62)64-50(4,5)6)28-33-10-14-35(15-11-33)40-20-18-37(27-32(40)3)46(60)53-38-22-24-58(25-23-38)49(63)65-51(7,8)9/h10-11,14-15,18-21,27,29,31,34,36,38,43H,12-13,16-17,22-26,28,30H2,1-9H3,(H,52,62)(H,53,60)(H,54,61)(H,55,56)(H,57,59). The number of carbonyl (C=O) groups excluding carboxylic acids is 5. The number of nitrogens with zero attached hydrogens (tertiary/aromatic N) is 2. The number of rotatable bonds is 13. The second kappa shape index (κ2) is 20.9. The van der Waals surface area contributed by atoms with E-state index in [1.807, 2.05) is 109 Å². The molecule has 1 aliphatic carbocycles. The number of carbonyl (C=O) groups is 5. The Morgan fingerprint density at radius 3 is 2.12 bits per heavy atom. The summed E-state index contributed by atoms with van der Waals surface area (Å²) in [6, 6.07) is 18.3. The Morgan fingerprint density at radius 2 is 1.49 bits per heavy atom. The zero-order valence-corrected chi connectivity index (χ0v) is 39.7. The molecule has 0 radical (unpaired) electrons. The van der Waals surface area contributed by atoms with E-state index in [1.54, 1.807) is 4.90 Å². The number of piperidine rings is 1. The van der Waals surface area contributed by atoms with Crippen molar-refractivity contribution >= 4 is 46.6 Å². The van der Waals surface area contributed by atoms with Gasteiger partial charge in [-0.2, -0.15) is 0 Å². The Morgan fingerprint density at radius 1 is 0.815 bits per heavy atom. The second-order valence-corrected chi connectivity index (χ2v) is 20.3. The number of likely N-dealkylation sites (tertiary alicyclic amines) is 1. The lowest BCUT2D eigenvalue weighted by Gasteiger charge is -2.33. The molecule has 14 nitrogen and oxygen atoms in total. The molecule has 1 unspecified atom stereocenters. The minimum Gasteiger partial charge on any atom is -0.444 e. The number of aromatic amines is 1. The first-order chi connectivity index (χ1) is 30.7. The molecular formula is C51H69N7O7. The third-order valence-electron chi connectivity index (χ3n) is 11.9. The topological polar surface area (TPSA) is 184 Å². The first-order valence-electron chi connectivity index (χ1n) is 23.2. The number of imidazole rings is 1. The van der Waals surface area contributed by atoms with Crippen LogP contribution in [-0.4, -0.2) is 87.7 Å². The molecule has 4 aromatic rings. The number of aryl methyl sites for hydroxylation is 1. The van der Waals surface area contributed by atoms with E-state index < -0.39 is 23.3 Å². The smallest absolute Gasteiger partial charge is 0.410 e. The Labute approximate surface area is 383 Å². The fraction of sp³-hybridized carbons (Fsp3) is 0.529. The Bertz CT molecular complexity index is 2310. The Hall–Kier alpha value is -5.92. The van der Waals surface area contributed by atoms with Crippen molar-refractivity contribution in [3.63, 3.8) is 0 Å². The molecule has 350 valence electrons. The van der Waals surface area contributed by atoms with Crippen molar-refractivity contribution in [1.82, 2.24) is 30.8 Å². The number of ether oxygens (including phenoxy) is 2. The van der Waals surface area contributed by atoms with Gasteiger partial charge in [0.2, 0.25) is 11.8 Å². The van der Waals surface area contributed by atoms with Crippen molar-refractivity contribution in [3.8, 4) is 11.1 Å². The van der Waals surface area contributed by atoms with Crippen LogP contribution in [0.25, 0.3) is 22.2 Å². The number of aromatic nitrogens is 2. The van der Waals surface area contributed by atoms with Gasteiger partial charge in [-0.05, 0) is 151 Å². The summed E-state index contributed by atoms with van der Waals surface area (Å²) < 4.78 is 10.9. The van der Waals surface area contributed by atoms with Crippen molar-refractivity contribution in [2.45, 2.75) is 137 Å². The lowest BCUT2D eigenvalue weighted by Crippen LogP contribution is -2.48. The van der Waals surface area contributed by atoms with E-state index in [1.165, 1.54) is 0 Å². The highest BCUT2D eigenvalue weighted by molar-refractivity contribution is 5.99. The summed E-state index contributed by atoms with van der Waals surface area (Å²) in [5.41, 5.74) is 5.43. The van der Waals surface area contributed by atoms with Gasteiger partial charge in [0.15, 0.2) is 0 Å². The number of alkyl carbamates (subject to hydrolysis) is 1. The number of hydrogen-bond donors (Lipinski definition) is 5. The van der Waals surface area contributed by atoms with Crippen molar-refractivity contribution in [2.75, 3.05) is 25.0 Å². The van der Waals surface area contributed by atoms with Crippen molar-refractivity contribution in [1.29, 1.82) is 0 Å². The van der Waals surface area contributed by atoms with Gasteiger partial charge in [-0.1, -0.05) is 44.2 Å². The van der Waals surface area contributed by atoms with Crippen LogP contribution < -0.4 is 21.3 Å². The molecule has 6 rings (SSSR count). The van der Waals surface area contributed by atoms with Crippen molar-refractivity contribution in [2.24, 2.45) is 17.8 Å². The average molecular weight is 892 g/mol. The van der Waals surface area contributed by atoms with Crippen LogP contribution in [0.4, 0.5) is 15.3 Å². The number of H-pyrrole nitrogens is 1. The van der Waals surface area contributed by atoms with E-state index in [9.17, 15) is 24.0 Å². The summed E-state index contributed by atoms with van der Waals surface area (Å²) in [7, 11) is 0. The van der Waals surface area contributed by atoms with Crippen molar-refractivity contribution in [3.05, 3.63) is 83.2 Å².